The van der Waals surface area contributed by atoms with E-state index in [9.17, 15) is 0 Å². The quantitative estimate of drug-likeness (QED) is 0.498. The van der Waals surface area contributed by atoms with E-state index in [4.69, 9.17) is 11.6 Å². The minimum absolute atomic E-state index is 0.0550. The zero-order valence-corrected chi connectivity index (χ0v) is 6.91. The van der Waals surface area contributed by atoms with Gasteiger partial charge in [0.05, 0.1) is 0 Å². The Balaban J connectivity index is 2.45. The summed E-state index contributed by atoms with van der Waals surface area (Å²) in [7, 11) is 0. The van der Waals surface area contributed by atoms with Crippen molar-refractivity contribution < 1.29 is 0 Å². The molecule has 1 fully saturated rings. The predicted molar refractivity (Wildman–Crippen MR) is 41.6 cm³/mol. The summed E-state index contributed by atoms with van der Waals surface area (Å²) < 4.78 is 0. The summed E-state index contributed by atoms with van der Waals surface area (Å²) >= 11 is 6.19. The largest absolute Gasteiger partial charge is 0.119 e. The third kappa shape index (κ3) is 1.61. The Hall–Kier alpha value is 0.290. The number of hydrogen-bond acceptors (Lipinski definition) is 0. The van der Waals surface area contributed by atoms with Gasteiger partial charge < -0.3 is 0 Å². The van der Waals surface area contributed by atoms with Gasteiger partial charge in [-0.15, -0.1) is 11.6 Å². The molecule has 0 saturated heterocycles. The van der Waals surface area contributed by atoms with Crippen LogP contribution in [-0.2, 0) is 0 Å². The van der Waals surface area contributed by atoms with Gasteiger partial charge in [-0.05, 0) is 31.6 Å². The van der Waals surface area contributed by atoms with Crippen LogP contribution < -0.4 is 0 Å². The van der Waals surface area contributed by atoms with Crippen molar-refractivity contribution in [1.82, 2.24) is 0 Å². The van der Waals surface area contributed by atoms with Crippen LogP contribution in [0.4, 0.5) is 0 Å². The standard InChI is InChI=1S/C8H14Cl/c1-3-8(9)5-4-7(2)6-8/h6-7H,3-5H2,1-2H3. The molecule has 0 amide bonds. The maximum atomic E-state index is 6.19. The van der Waals surface area contributed by atoms with Crippen LogP contribution in [0.15, 0.2) is 0 Å². The lowest BCUT2D eigenvalue weighted by molar-refractivity contribution is 0.642. The zero-order valence-electron chi connectivity index (χ0n) is 6.15. The van der Waals surface area contributed by atoms with Crippen molar-refractivity contribution in [3.05, 3.63) is 6.42 Å². The lowest BCUT2D eigenvalue weighted by atomic mass is 10.0. The second-order valence-corrected chi connectivity index (χ2v) is 3.82. The summed E-state index contributed by atoms with van der Waals surface area (Å²) in [5.41, 5.74) is 0. The first kappa shape index (κ1) is 7.40. The molecule has 0 heterocycles. The van der Waals surface area contributed by atoms with Crippen molar-refractivity contribution >= 4 is 11.6 Å². The molecule has 9 heavy (non-hydrogen) atoms. The molecule has 1 heteroatoms. The Labute approximate surface area is 62.6 Å². The van der Waals surface area contributed by atoms with Gasteiger partial charge in [0.15, 0.2) is 0 Å². The Morgan fingerprint density at radius 3 is 2.67 bits per heavy atom. The van der Waals surface area contributed by atoms with Crippen LogP contribution in [0.1, 0.15) is 33.1 Å². The zero-order chi connectivity index (χ0) is 6.91. The molecule has 0 aromatic carbocycles. The topological polar surface area (TPSA) is 0 Å². The predicted octanol–water partition coefficient (Wildman–Crippen LogP) is 3.01. The Morgan fingerprint density at radius 1 is 1.78 bits per heavy atom. The van der Waals surface area contributed by atoms with Gasteiger partial charge in [0.25, 0.3) is 0 Å². The molecule has 0 aromatic heterocycles. The van der Waals surface area contributed by atoms with E-state index in [1.807, 2.05) is 0 Å². The molecule has 0 N–H and O–H groups in total. The fourth-order valence-corrected chi connectivity index (χ4v) is 1.76. The molecular weight excluding hydrogens is 132 g/mol. The first-order chi connectivity index (χ1) is 4.16. The molecule has 1 radical (unpaired) electrons. The number of rotatable bonds is 1. The van der Waals surface area contributed by atoms with Gasteiger partial charge >= 0.3 is 0 Å². The molecule has 0 spiro atoms. The van der Waals surface area contributed by atoms with Gasteiger partial charge in [-0.1, -0.05) is 13.8 Å². The van der Waals surface area contributed by atoms with E-state index in [1.165, 1.54) is 12.8 Å². The number of halogens is 1. The first-order valence-electron chi connectivity index (χ1n) is 3.71. The summed E-state index contributed by atoms with van der Waals surface area (Å²) in [6.45, 7) is 4.39. The maximum Gasteiger partial charge on any atom is 0.0478 e. The van der Waals surface area contributed by atoms with E-state index in [2.05, 4.69) is 20.3 Å². The van der Waals surface area contributed by atoms with Crippen LogP contribution >= 0.6 is 11.6 Å². The van der Waals surface area contributed by atoms with Crippen molar-refractivity contribution in [2.75, 3.05) is 0 Å². The monoisotopic (exact) mass is 145 g/mol. The molecule has 1 aliphatic rings. The number of alkyl halides is 1. The van der Waals surface area contributed by atoms with Gasteiger partial charge in [-0.3, -0.25) is 0 Å². The lowest BCUT2D eigenvalue weighted by Gasteiger charge is -2.17. The van der Waals surface area contributed by atoms with Crippen molar-refractivity contribution in [2.45, 2.75) is 38.0 Å². The van der Waals surface area contributed by atoms with E-state index in [0.29, 0.717) is 0 Å². The van der Waals surface area contributed by atoms with Crippen molar-refractivity contribution in [3.63, 3.8) is 0 Å². The molecule has 2 unspecified atom stereocenters. The van der Waals surface area contributed by atoms with Crippen LogP contribution in [0.5, 0.6) is 0 Å². The summed E-state index contributed by atoms with van der Waals surface area (Å²) in [6, 6.07) is 0. The molecule has 1 aliphatic carbocycles. The molecule has 1 rings (SSSR count). The average molecular weight is 146 g/mol. The van der Waals surface area contributed by atoms with Gasteiger partial charge in [-0.25, -0.2) is 0 Å². The average Bonchev–Trinajstić information content (AvgIpc) is 2.13. The van der Waals surface area contributed by atoms with Crippen LogP contribution in [0.3, 0.4) is 0 Å². The highest BCUT2D eigenvalue weighted by molar-refractivity contribution is 6.25. The van der Waals surface area contributed by atoms with E-state index >= 15 is 0 Å². The lowest BCUT2D eigenvalue weighted by Crippen LogP contribution is -2.15. The summed E-state index contributed by atoms with van der Waals surface area (Å²) in [4.78, 5) is 0.0550. The smallest absolute Gasteiger partial charge is 0.0478 e. The summed E-state index contributed by atoms with van der Waals surface area (Å²) in [5, 5.41) is 0. The van der Waals surface area contributed by atoms with Gasteiger partial charge in [0.1, 0.15) is 0 Å². The third-order valence-corrected chi connectivity index (χ3v) is 2.77. The van der Waals surface area contributed by atoms with E-state index in [1.54, 1.807) is 0 Å². The second-order valence-electron chi connectivity index (χ2n) is 3.07. The minimum atomic E-state index is 0.0550. The van der Waals surface area contributed by atoms with Crippen LogP contribution in [-0.4, -0.2) is 4.87 Å². The van der Waals surface area contributed by atoms with Crippen molar-refractivity contribution in [3.8, 4) is 0 Å². The third-order valence-electron chi connectivity index (χ3n) is 2.19. The molecule has 0 aromatic rings. The van der Waals surface area contributed by atoms with Crippen LogP contribution in [0.2, 0.25) is 0 Å². The molecule has 53 valence electrons. The normalized spacial score (nSPS) is 43.7. The highest BCUT2D eigenvalue weighted by atomic mass is 35.5. The fraction of sp³-hybridized carbons (Fsp3) is 0.875. The summed E-state index contributed by atoms with van der Waals surface area (Å²) in [5.74, 6) is 0.738. The van der Waals surface area contributed by atoms with Gasteiger partial charge in [0, 0.05) is 4.87 Å². The second kappa shape index (κ2) is 2.49. The SMILES string of the molecule is CCC1(Cl)[CH]C(C)CC1. The van der Waals surface area contributed by atoms with Crippen LogP contribution in [0, 0.1) is 12.3 Å². The molecule has 2 atom stereocenters. The summed E-state index contributed by atoms with van der Waals surface area (Å²) in [6.07, 6.45) is 5.82. The first-order valence-corrected chi connectivity index (χ1v) is 4.09. The molecule has 0 nitrogen and oxygen atoms in total. The Kier molecular flexibility index (Phi) is 2.05. The van der Waals surface area contributed by atoms with Gasteiger partial charge in [-0.2, -0.15) is 0 Å². The highest BCUT2D eigenvalue weighted by Crippen LogP contribution is 2.40. The maximum absolute atomic E-state index is 6.19. The van der Waals surface area contributed by atoms with Crippen molar-refractivity contribution in [2.24, 2.45) is 5.92 Å². The number of hydrogen-bond donors (Lipinski definition) is 0. The Morgan fingerprint density at radius 2 is 2.44 bits per heavy atom. The fourth-order valence-electron chi connectivity index (χ4n) is 1.44. The minimum Gasteiger partial charge on any atom is -0.119 e. The molecular formula is C8H14Cl. The van der Waals surface area contributed by atoms with E-state index in [-0.39, 0.29) is 4.87 Å². The van der Waals surface area contributed by atoms with Crippen molar-refractivity contribution in [1.29, 1.82) is 0 Å². The van der Waals surface area contributed by atoms with Crippen LogP contribution in [0.25, 0.3) is 0 Å². The highest BCUT2D eigenvalue weighted by Gasteiger charge is 2.33. The molecule has 1 saturated carbocycles. The molecule has 0 aliphatic heterocycles. The van der Waals surface area contributed by atoms with E-state index in [0.717, 1.165) is 12.3 Å². The van der Waals surface area contributed by atoms with E-state index < -0.39 is 0 Å². The Bertz CT molecular complexity index is 101. The van der Waals surface area contributed by atoms with Gasteiger partial charge in [0.2, 0.25) is 0 Å². The molecule has 0 bridgehead atoms.